The van der Waals surface area contributed by atoms with E-state index in [1.807, 2.05) is 28.8 Å². The van der Waals surface area contributed by atoms with E-state index in [9.17, 15) is 4.79 Å². The Kier molecular flexibility index (Phi) is 4.04. The molecule has 0 aromatic carbocycles. The SMILES string of the molecule is CCc1noc(-c2cn(C3CCN(C(=O)c4ccc[nH]4)CC3)nn2)n1. The van der Waals surface area contributed by atoms with Crippen molar-refractivity contribution in [2.45, 2.75) is 32.2 Å². The van der Waals surface area contributed by atoms with Crippen molar-refractivity contribution in [2.24, 2.45) is 0 Å². The summed E-state index contributed by atoms with van der Waals surface area (Å²) in [7, 11) is 0. The number of aromatic amines is 1. The van der Waals surface area contributed by atoms with Gasteiger partial charge >= 0.3 is 0 Å². The minimum atomic E-state index is 0.0423. The molecule has 3 aromatic rings. The van der Waals surface area contributed by atoms with Crippen molar-refractivity contribution in [2.75, 3.05) is 13.1 Å². The zero-order chi connectivity index (χ0) is 17.2. The van der Waals surface area contributed by atoms with E-state index in [4.69, 9.17) is 4.52 Å². The molecule has 1 fully saturated rings. The van der Waals surface area contributed by atoms with E-state index < -0.39 is 0 Å². The summed E-state index contributed by atoms with van der Waals surface area (Å²) in [6.45, 7) is 3.35. The van der Waals surface area contributed by atoms with E-state index in [0.29, 0.717) is 42.6 Å². The predicted octanol–water partition coefficient (Wildman–Crippen LogP) is 1.70. The largest absolute Gasteiger partial charge is 0.357 e. The molecule has 0 saturated carbocycles. The standard InChI is InChI=1S/C16H19N7O2/c1-2-14-18-15(25-20-14)13-10-23(21-19-13)11-5-8-22(9-6-11)16(24)12-4-3-7-17-12/h3-4,7,10-11,17H,2,5-6,8-9H2,1H3. The summed E-state index contributed by atoms with van der Waals surface area (Å²) in [5.74, 6) is 1.09. The lowest BCUT2D eigenvalue weighted by Gasteiger charge is -2.31. The molecule has 9 nitrogen and oxygen atoms in total. The van der Waals surface area contributed by atoms with Crippen LogP contribution in [0.25, 0.3) is 11.6 Å². The van der Waals surface area contributed by atoms with Gasteiger partial charge in [0, 0.05) is 25.7 Å². The van der Waals surface area contributed by atoms with Crippen molar-refractivity contribution >= 4 is 5.91 Å². The lowest BCUT2D eigenvalue weighted by atomic mass is 10.0. The molecule has 0 radical (unpaired) electrons. The molecule has 1 amide bonds. The van der Waals surface area contributed by atoms with Crippen molar-refractivity contribution in [3.63, 3.8) is 0 Å². The van der Waals surface area contributed by atoms with Crippen LogP contribution in [-0.4, -0.2) is 54.0 Å². The van der Waals surface area contributed by atoms with Crippen molar-refractivity contribution in [3.05, 3.63) is 36.0 Å². The quantitative estimate of drug-likeness (QED) is 0.774. The number of rotatable bonds is 4. The van der Waals surface area contributed by atoms with Gasteiger partial charge in [-0.1, -0.05) is 17.3 Å². The fraction of sp³-hybridized carbons (Fsp3) is 0.438. The average Bonchev–Trinajstić information content (AvgIpc) is 3.42. The lowest BCUT2D eigenvalue weighted by Crippen LogP contribution is -2.39. The highest BCUT2D eigenvalue weighted by molar-refractivity contribution is 5.92. The van der Waals surface area contributed by atoms with Crippen LogP contribution in [0.1, 0.15) is 42.1 Å². The molecule has 3 aromatic heterocycles. The van der Waals surface area contributed by atoms with Crippen molar-refractivity contribution < 1.29 is 9.32 Å². The second-order valence-electron chi connectivity index (χ2n) is 6.06. The van der Waals surface area contributed by atoms with E-state index in [2.05, 4.69) is 25.4 Å². The Morgan fingerprint density at radius 3 is 2.92 bits per heavy atom. The van der Waals surface area contributed by atoms with Crippen LogP contribution >= 0.6 is 0 Å². The van der Waals surface area contributed by atoms with E-state index >= 15 is 0 Å². The predicted molar refractivity (Wildman–Crippen MR) is 87.7 cm³/mol. The van der Waals surface area contributed by atoms with Crippen LogP contribution in [0.3, 0.4) is 0 Å². The fourth-order valence-electron chi connectivity index (χ4n) is 3.02. The van der Waals surface area contributed by atoms with Gasteiger partial charge in [-0.3, -0.25) is 4.79 Å². The first-order valence-corrected chi connectivity index (χ1v) is 8.42. The zero-order valence-electron chi connectivity index (χ0n) is 13.9. The lowest BCUT2D eigenvalue weighted by molar-refractivity contribution is 0.0684. The molecule has 0 atom stereocenters. The maximum Gasteiger partial charge on any atom is 0.280 e. The smallest absolute Gasteiger partial charge is 0.280 e. The number of hydrogen-bond donors (Lipinski definition) is 1. The van der Waals surface area contributed by atoms with Crippen LogP contribution in [0.5, 0.6) is 0 Å². The van der Waals surface area contributed by atoms with Gasteiger partial charge < -0.3 is 14.4 Å². The molecule has 0 aliphatic carbocycles. The Hall–Kier alpha value is -2.97. The number of aryl methyl sites for hydroxylation is 1. The minimum Gasteiger partial charge on any atom is -0.357 e. The highest BCUT2D eigenvalue weighted by Crippen LogP contribution is 2.24. The summed E-state index contributed by atoms with van der Waals surface area (Å²) in [6.07, 6.45) is 5.97. The molecular formula is C16H19N7O2. The third-order valence-electron chi connectivity index (χ3n) is 4.47. The summed E-state index contributed by atoms with van der Waals surface area (Å²) < 4.78 is 7.03. The highest BCUT2D eigenvalue weighted by atomic mass is 16.5. The molecule has 0 spiro atoms. The van der Waals surface area contributed by atoms with Gasteiger partial charge in [0.15, 0.2) is 11.5 Å². The van der Waals surface area contributed by atoms with Gasteiger partial charge in [-0.15, -0.1) is 5.10 Å². The molecule has 1 saturated heterocycles. The average molecular weight is 341 g/mol. The van der Waals surface area contributed by atoms with Crippen LogP contribution in [0.4, 0.5) is 0 Å². The molecule has 4 rings (SSSR count). The third kappa shape index (κ3) is 3.04. The summed E-state index contributed by atoms with van der Waals surface area (Å²) in [6, 6.07) is 3.84. The first-order valence-electron chi connectivity index (χ1n) is 8.42. The van der Waals surface area contributed by atoms with E-state index in [1.165, 1.54) is 0 Å². The van der Waals surface area contributed by atoms with Crippen molar-refractivity contribution in [1.82, 2.24) is 35.0 Å². The number of carbonyl (C=O) groups excluding carboxylic acids is 1. The van der Waals surface area contributed by atoms with Crippen molar-refractivity contribution in [1.29, 1.82) is 0 Å². The summed E-state index contributed by atoms with van der Waals surface area (Å²) in [4.78, 5) is 21.5. The highest BCUT2D eigenvalue weighted by Gasteiger charge is 2.26. The molecule has 1 N–H and O–H groups in total. The van der Waals surface area contributed by atoms with Crippen LogP contribution in [0.15, 0.2) is 29.0 Å². The number of likely N-dealkylation sites (tertiary alicyclic amines) is 1. The third-order valence-corrected chi connectivity index (χ3v) is 4.47. The van der Waals surface area contributed by atoms with Gasteiger partial charge in [-0.2, -0.15) is 4.98 Å². The van der Waals surface area contributed by atoms with Crippen LogP contribution < -0.4 is 0 Å². The molecule has 1 aliphatic rings. The first kappa shape index (κ1) is 15.6. The molecule has 4 heterocycles. The number of H-pyrrole nitrogens is 1. The topological polar surface area (TPSA) is 106 Å². The molecule has 0 bridgehead atoms. The molecule has 130 valence electrons. The van der Waals surface area contributed by atoms with Gasteiger partial charge in [0.2, 0.25) is 0 Å². The van der Waals surface area contributed by atoms with Gasteiger partial charge in [0.1, 0.15) is 5.69 Å². The van der Waals surface area contributed by atoms with Gasteiger partial charge in [0.25, 0.3) is 11.8 Å². The fourth-order valence-corrected chi connectivity index (χ4v) is 3.02. The Balaban J connectivity index is 1.40. The molecule has 1 aliphatic heterocycles. The maximum atomic E-state index is 12.4. The van der Waals surface area contributed by atoms with Crippen molar-refractivity contribution in [3.8, 4) is 11.6 Å². The molecule has 9 heteroatoms. The number of hydrogen-bond acceptors (Lipinski definition) is 6. The Morgan fingerprint density at radius 1 is 1.40 bits per heavy atom. The van der Waals surface area contributed by atoms with Crippen LogP contribution in [0.2, 0.25) is 0 Å². The Bertz CT molecular complexity index is 844. The summed E-state index contributed by atoms with van der Waals surface area (Å²) >= 11 is 0. The molecular weight excluding hydrogens is 322 g/mol. The Labute approximate surface area is 144 Å². The number of amides is 1. The number of nitrogens with one attached hydrogen (secondary N) is 1. The summed E-state index contributed by atoms with van der Waals surface area (Å²) in [5.41, 5.74) is 1.21. The molecule has 0 unspecified atom stereocenters. The van der Waals surface area contributed by atoms with E-state index in [-0.39, 0.29) is 11.9 Å². The van der Waals surface area contributed by atoms with Gasteiger partial charge in [-0.05, 0) is 25.0 Å². The van der Waals surface area contributed by atoms with E-state index in [1.54, 1.807) is 12.3 Å². The number of nitrogens with zero attached hydrogens (tertiary/aromatic N) is 6. The zero-order valence-corrected chi connectivity index (χ0v) is 13.9. The second kappa shape index (κ2) is 6.50. The molecule has 25 heavy (non-hydrogen) atoms. The number of piperidine rings is 1. The second-order valence-corrected chi connectivity index (χ2v) is 6.06. The minimum absolute atomic E-state index is 0.0423. The normalized spacial score (nSPS) is 15.6. The van der Waals surface area contributed by atoms with E-state index in [0.717, 1.165) is 12.8 Å². The van der Waals surface area contributed by atoms with Gasteiger partial charge in [-0.25, -0.2) is 4.68 Å². The van der Waals surface area contributed by atoms with Crippen LogP contribution in [0, 0.1) is 0 Å². The van der Waals surface area contributed by atoms with Crippen LogP contribution in [-0.2, 0) is 6.42 Å². The first-order chi connectivity index (χ1) is 12.2. The Morgan fingerprint density at radius 2 is 2.24 bits per heavy atom. The monoisotopic (exact) mass is 341 g/mol. The number of aromatic nitrogens is 6. The summed E-state index contributed by atoms with van der Waals surface area (Å²) in [5, 5.41) is 12.2. The number of carbonyl (C=O) groups is 1. The van der Waals surface area contributed by atoms with Gasteiger partial charge in [0.05, 0.1) is 12.2 Å². The maximum absolute atomic E-state index is 12.4.